The van der Waals surface area contributed by atoms with Crippen molar-refractivity contribution in [3.8, 4) is 11.5 Å². The second kappa shape index (κ2) is 6.75. The molecular weight excluding hydrogens is 380 g/mol. The molecule has 0 unspecified atom stereocenters. The second-order valence-electron chi connectivity index (χ2n) is 6.54. The van der Waals surface area contributed by atoms with Crippen molar-refractivity contribution < 1.29 is 17.7 Å². The Morgan fingerprint density at radius 1 is 1.21 bits per heavy atom. The number of aryl methyl sites for hydroxylation is 1. The van der Waals surface area contributed by atoms with Crippen LogP contribution in [0.15, 0.2) is 51.9 Å². The van der Waals surface area contributed by atoms with Gasteiger partial charge in [-0.15, -0.1) is 0 Å². The maximum Gasteiger partial charge on any atom is 0.261 e. The van der Waals surface area contributed by atoms with E-state index in [1.807, 2.05) is 0 Å². The van der Waals surface area contributed by atoms with Crippen LogP contribution in [0.5, 0.6) is 0 Å². The highest BCUT2D eigenvalue weighted by molar-refractivity contribution is 7.92. The number of amides is 1. The summed E-state index contributed by atoms with van der Waals surface area (Å²) in [6, 6.07) is 11.6. The van der Waals surface area contributed by atoms with E-state index in [0.29, 0.717) is 35.9 Å². The first-order valence-corrected chi connectivity index (χ1v) is 10.2. The van der Waals surface area contributed by atoms with Crippen LogP contribution in [0.1, 0.15) is 18.3 Å². The van der Waals surface area contributed by atoms with E-state index >= 15 is 0 Å². The number of hydrogen-bond acceptors (Lipinski definition) is 6. The molecule has 9 heteroatoms. The van der Waals surface area contributed by atoms with Crippen LogP contribution in [0, 0.1) is 6.92 Å². The molecule has 28 heavy (non-hydrogen) atoms. The van der Waals surface area contributed by atoms with E-state index in [-0.39, 0.29) is 10.8 Å². The Balaban J connectivity index is 1.61. The normalized spacial score (nSPS) is 13.4. The van der Waals surface area contributed by atoms with Crippen LogP contribution < -0.4 is 9.62 Å². The zero-order valence-corrected chi connectivity index (χ0v) is 16.2. The first kappa shape index (κ1) is 18.2. The Morgan fingerprint density at radius 3 is 2.75 bits per heavy atom. The molecule has 0 saturated heterocycles. The van der Waals surface area contributed by atoms with Crippen LogP contribution in [0.3, 0.4) is 0 Å². The Bertz CT molecular complexity index is 1170. The van der Waals surface area contributed by atoms with Gasteiger partial charge in [-0.25, -0.2) is 8.42 Å². The Labute approximate surface area is 162 Å². The lowest BCUT2D eigenvalue weighted by molar-refractivity contribution is -0.116. The standard InChI is InChI=1S/C19H18N4O4S/c1-12-20-19(27-21-12)15-4-3-5-16(10-15)22-28(25,26)17-6-7-18-14(11-17)8-9-23(18)13(2)24/h3-7,10-11,22H,8-9H2,1-2H3. The summed E-state index contributed by atoms with van der Waals surface area (Å²) < 4.78 is 33.4. The van der Waals surface area contributed by atoms with Gasteiger partial charge in [0.2, 0.25) is 5.91 Å². The third-order valence-corrected chi connectivity index (χ3v) is 5.91. The van der Waals surface area contributed by atoms with Gasteiger partial charge in [-0.3, -0.25) is 9.52 Å². The van der Waals surface area contributed by atoms with Crippen molar-refractivity contribution in [1.29, 1.82) is 0 Å². The van der Waals surface area contributed by atoms with Gasteiger partial charge in [0.1, 0.15) is 0 Å². The number of nitrogens with one attached hydrogen (secondary N) is 1. The van der Waals surface area contributed by atoms with Crippen LogP contribution in [0.2, 0.25) is 0 Å². The zero-order chi connectivity index (χ0) is 19.9. The summed E-state index contributed by atoms with van der Waals surface area (Å²) in [6.07, 6.45) is 0.629. The number of anilines is 2. The molecule has 4 rings (SSSR count). The van der Waals surface area contributed by atoms with E-state index in [2.05, 4.69) is 14.9 Å². The molecule has 0 atom stereocenters. The van der Waals surface area contributed by atoms with Gasteiger partial charge in [0.15, 0.2) is 5.82 Å². The van der Waals surface area contributed by atoms with E-state index in [1.54, 1.807) is 48.2 Å². The number of carbonyl (C=O) groups excluding carboxylic acids is 1. The average molecular weight is 398 g/mol. The lowest BCUT2D eigenvalue weighted by Gasteiger charge is -2.15. The summed E-state index contributed by atoms with van der Waals surface area (Å²) in [7, 11) is -3.79. The summed E-state index contributed by atoms with van der Waals surface area (Å²) in [6.45, 7) is 3.77. The van der Waals surface area contributed by atoms with Crippen molar-refractivity contribution >= 4 is 27.3 Å². The van der Waals surface area contributed by atoms with Crippen molar-refractivity contribution in [1.82, 2.24) is 10.1 Å². The van der Waals surface area contributed by atoms with Crippen molar-refractivity contribution in [2.45, 2.75) is 25.2 Å². The molecule has 0 saturated carbocycles. The van der Waals surface area contributed by atoms with Gasteiger partial charge in [-0.1, -0.05) is 11.2 Å². The zero-order valence-electron chi connectivity index (χ0n) is 15.3. The van der Waals surface area contributed by atoms with Crippen LogP contribution in [-0.2, 0) is 21.2 Å². The molecule has 1 amide bonds. The van der Waals surface area contributed by atoms with Crippen molar-refractivity contribution in [2.75, 3.05) is 16.2 Å². The molecule has 0 radical (unpaired) electrons. The maximum atomic E-state index is 12.8. The third-order valence-electron chi connectivity index (χ3n) is 4.53. The van der Waals surface area contributed by atoms with Crippen molar-refractivity contribution in [2.24, 2.45) is 0 Å². The first-order valence-electron chi connectivity index (χ1n) is 8.68. The molecule has 0 aliphatic carbocycles. The molecule has 3 aromatic rings. The summed E-state index contributed by atoms with van der Waals surface area (Å²) in [5.41, 5.74) is 2.61. The number of carbonyl (C=O) groups is 1. The highest BCUT2D eigenvalue weighted by Gasteiger charge is 2.25. The predicted molar refractivity (Wildman–Crippen MR) is 103 cm³/mol. The van der Waals surface area contributed by atoms with Gasteiger partial charge < -0.3 is 9.42 Å². The molecule has 1 N–H and O–H groups in total. The van der Waals surface area contributed by atoms with Crippen LogP contribution in [0.4, 0.5) is 11.4 Å². The number of hydrogen-bond donors (Lipinski definition) is 1. The van der Waals surface area contributed by atoms with Gasteiger partial charge in [-0.05, 0) is 55.3 Å². The largest absolute Gasteiger partial charge is 0.334 e. The lowest BCUT2D eigenvalue weighted by Crippen LogP contribution is -2.25. The monoisotopic (exact) mass is 398 g/mol. The second-order valence-corrected chi connectivity index (χ2v) is 8.23. The van der Waals surface area contributed by atoms with E-state index in [9.17, 15) is 13.2 Å². The van der Waals surface area contributed by atoms with Crippen LogP contribution >= 0.6 is 0 Å². The fourth-order valence-corrected chi connectivity index (χ4v) is 4.32. The SMILES string of the molecule is CC(=O)N1CCc2cc(S(=O)(=O)Nc3cccc(-c4nc(C)no4)c3)ccc21. The van der Waals surface area contributed by atoms with Gasteiger partial charge >= 0.3 is 0 Å². The number of nitrogens with zero attached hydrogens (tertiary/aromatic N) is 3. The van der Waals surface area contributed by atoms with Crippen molar-refractivity contribution in [3.63, 3.8) is 0 Å². The lowest BCUT2D eigenvalue weighted by atomic mass is 10.2. The smallest absolute Gasteiger partial charge is 0.261 e. The highest BCUT2D eigenvalue weighted by atomic mass is 32.2. The fraction of sp³-hybridized carbons (Fsp3) is 0.211. The molecule has 1 aliphatic heterocycles. The molecule has 144 valence electrons. The van der Waals surface area contributed by atoms with Gasteiger partial charge in [0, 0.05) is 30.4 Å². The van der Waals surface area contributed by atoms with E-state index in [0.717, 1.165) is 11.3 Å². The number of benzene rings is 2. The summed E-state index contributed by atoms with van der Waals surface area (Å²) >= 11 is 0. The molecule has 2 heterocycles. The first-order chi connectivity index (χ1) is 13.3. The minimum atomic E-state index is -3.79. The molecule has 2 aromatic carbocycles. The minimum Gasteiger partial charge on any atom is -0.334 e. The summed E-state index contributed by atoms with van der Waals surface area (Å²) in [5.74, 6) is 0.764. The van der Waals surface area contributed by atoms with Crippen LogP contribution in [0.25, 0.3) is 11.5 Å². The highest BCUT2D eigenvalue weighted by Crippen LogP contribution is 2.31. The number of fused-ring (bicyclic) bond motifs is 1. The van der Waals surface area contributed by atoms with Crippen LogP contribution in [-0.4, -0.2) is 31.0 Å². The van der Waals surface area contributed by atoms with Gasteiger partial charge in [0.25, 0.3) is 15.9 Å². The topological polar surface area (TPSA) is 105 Å². The Morgan fingerprint density at radius 2 is 2.04 bits per heavy atom. The summed E-state index contributed by atoms with van der Waals surface area (Å²) in [4.78, 5) is 17.6. The predicted octanol–water partition coefficient (Wildman–Crippen LogP) is 2.75. The Kier molecular flexibility index (Phi) is 4.38. The molecule has 1 aliphatic rings. The maximum absolute atomic E-state index is 12.8. The average Bonchev–Trinajstić information content (AvgIpc) is 3.27. The molecule has 8 nitrogen and oxygen atoms in total. The van der Waals surface area contributed by atoms with Gasteiger partial charge in [-0.2, -0.15) is 4.98 Å². The number of sulfonamides is 1. The van der Waals surface area contributed by atoms with Crippen molar-refractivity contribution in [3.05, 3.63) is 53.9 Å². The van der Waals surface area contributed by atoms with E-state index in [4.69, 9.17) is 4.52 Å². The minimum absolute atomic E-state index is 0.0550. The van der Waals surface area contributed by atoms with Gasteiger partial charge in [0.05, 0.1) is 4.90 Å². The van der Waals surface area contributed by atoms with E-state index < -0.39 is 10.0 Å². The number of rotatable bonds is 4. The molecule has 0 fully saturated rings. The molecule has 1 aromatic heterocycles. The number of aromatic nitrogens is 2. The quantitative estimate of drug-likeness (QED) is 0.724. The molecule has 0 bridgehead atoms. The molecule has 0 spiro atoms. The summed E-state index contributed by atoms with van der Waals surface area (Å²) in [5, 5.41) is 3.74. The molecular formula is C19H18N4O4S. The van der Waals surface area contributed by atoms with E-state index in [1.165, 1.54) is 13.0 Å². The fourth-order valence-electron chi connectivity index (χ4n) is 3.22. The third kappa shape index (κ3) is 3.36. The Hall–Kier alpha value is -3.20.